The molecule has 0 saturated carbocycles. The number of hydrogen-bond acceptors (Lipinski definition) is 1. The number of alkyl halides is 3. The molecule has 0 aliphatic carbocycles. The van der Waals surface area contributed by atoms with Gasteiger partial charge in [-0.3, -0.25) is 4.99 Å². The van der Waals surface area contributed by atoms with E-state index in [-0.39, 0.29) is 11.9 Å². The van der Waals surface area contributed by atoms with Gasteiger partial charge in [-0.1, -0.05) is 30.3 Å². The average Bonchev–Trinajstić information content (AvgIpc) is 2.55. The minimum absolute atomic E-state index is 0.00663. The summed E-state index contributed by atoms with van der Waals surface area (Å²) in [4.78, 5) is 7.95. The number of benzene rings is 2. The number of nitrogens with two attached hydrogens (primary N) is 2. The van der Waals surface area contributed by atoms with Gasteiger partial charge in [0.1, 0.15) is 0 Å². The van der Waals surface area contributed by atoms with E-state index in [0.717, 1.165) is 17.7 Å². The van der Waals surface area contributed by atoms with E-state index in [1.165, 1.54) is 12.1 Å². The first-order valence-electron chi connectivity index (χ1n) is 7.47. The van der Waals surface area contributed by atoms with Gasteiger partial charge < -0.3 is 16.8 Å². The Balaban J connectivity index is 1.90. The molecule has 0 saturated heterocycles. The molecule has 0 amide bonds. The van der Waals surface area contributed by atoms with Crippen LogP contribution in [0.2, 0.25) is 0 Å². The summed E-state index contributed by atoms with van der Waals surface area (Å²) in [7, 11) is 0. The molecule has 8 heteroatoms. The molecule has 5 nitrogen and oxygen atoms in total. The third-order valence-corrected chi connectivity index (χ3v) is 3.24. The Morgan fingerprint density at radius 2 is 1.60 bits per heavy atom. The van der Waals surface area contributed by atoms with Crippen LogP contribution in [-0.4, -0.2) is 18.5 Å². The number of guanidine groups is 2. The Morgan fingerprint density at radius 1 is 0.960 bits per heavy atom. The van der Waals surface area contributed by atoms with Crippen LogP contribution in [0, 0.1) is 0 Å². The third-order valence-electron chi connectivity index (χ3n) is 3.24. The molecule has 0 unspecified atom stereocenters. The van der Waals surface area contributed by atoms with E-state index in [9.17, 15) is 13.2 Å². The van der Waals surface area contributed by atoms with Gasteiger partial charge in [0.15, 0.2) is 0 Å². The quantitative estimate of drug-likeness (QED) is 0.586. The molecule has 2 aromatic rings. The molecule has 0 fully saturated rings. The smallest absolute Gasteiger partial charge is 0.369 e. The Kier molecular flexibility index (Phi) is 5.99. The molecule has 5 N–H and O–H groups in total. The minimum atomic E-state index is -4.38. The van der Waals surface area contributed by atoms with Crippen molar-refractivity contribution >= 4 is 17.6 Å². The van der Waals surface area contributed by atoms with Gasteiger partial charge in [0.25, 0.3) is 0 Å². The van der Waals surface area contributed by atoms with Crippen molar-refractivity contribution in [2.24, 2.45) is 21.5 Å². The first-order chi connectivity index (χ1) is 11.8. The highest BCUT2D eigenvalue weighted by atomic mass is 19.4. The maximum absolute atomic E-state index is 12.5. The van der Waals surface area contributed by atoms with Crippen molar-refractivity contribution in [1.82, 2.24) is 0 Å². The third kappa shape index (κ3) is 6.17. The predicted octanol–water partition coefficient (Wildman–Crippen LogP) is 2.99. The summed E-state index contributed by atoms with van der Waals surface area (Å²) in [6.07, 6.45) is -3.67. The first kappa shape index (κ1) is 18.3. The van der Waals surface area contributed by atoms with E-state index >= 15 is 0 Å². The first-order valence-corrected chi connectivity index (χ1v) is 7.47. The average molecular weight is 349 g/mol. The zero-order chi connectivity index (χ0) is 18.3. The molecular formula is C17H18F3N5. The van der Waals surface area contributed by atoms with Crippen LogP contribution in [0.3, 0.4) is 0 Å². The SMILES string of the molecule is NC(=NCCc1ccccc1)/N=C(\N)Nc1ccc(C(F)(F)F)cc1. The van der Waals surface area contributed by atoms with E-state index in [2.05, 4.69) is 15.3 Å². The number of aliphatic imine (C=N–C) groups is 2. The normalized spacial score (nSPS) is 12.9. The summed E-state index contributed by atoms with van der Waals surface area (Å²) in [5.74, 6) is -0.0615. The summed E-state index contributed by atoms with van der Waals surface area (Å²) in [6, 6.07) is 14.2. The molecule has 132 valence electrons. The summed E-state index contributed by atoms with van der Waals surface area (Å²) in [5, 5.41) is 2.66. The zero-order valence-corrected chi connectivity index (χ0v) is 13.3. The topological polar surface area (TPSA) is 88.8 Å². The second kappa shape index (κ2) is 8.18. The predicted molar refractivity (Wildman–Crippen MR) is 93.3 cm³/mol. The van der Waals surface area contributed by atoms with Crippen molar-refractivity contribution in [2.75, 3.05) is 11.9 Å². The van der Waals surface area contributed by atoms with Gasteiger partial charge in [-0.2, -0.15) is 18.2 Å². The van der Waals surface area contributed by atoms with Crippen molar-refractivity contribution in [1.29, 1.82) is 0 Å². The Labute approximate surface area is 143 Å². The van der Waals surface area contributed by atoms with Crippen LogP contribution in [-0.2, 0) is 12.6 Å². The summed E-state index contributed by atoms with van der Waals surface area (Å²) in [6.45, 7) is 0.451. The number of halogens is 3. The minimum Gasteiger partial charge on any atom is -0.369 e. The summed E-state index contributed by atoms with van der Waals surface area (Å²) < 4.78 is 37.5. The van der Waals surface area contributed by atoms with Crippen LogP contribution < -0.4 is 16.8 Å². The fraction of sp³-hybridized carbons (Fsp3) is 0.176. The van der Waals surface area contributed by atoms with Crippen molar-refractivity contribution in [3.63, 3.8) is 0 Å². The lowest BCUT2D eigenvalue weighted by Gasteiger charge is -2.09. The Bertz CT molecular complexity index is 737. The van der Waals surface area contributed by atoms with Crippen LogP contribution in [0.4, 0.5) is 18.9 Å². The maximum Gasteiger partial charge on any atom is 0.416 e. The number of hydrogen-bond donors (Lipinski definition) is 3. The molecule has 0 atom stereocenters. The van der Waals surface area contributed by atoms with Crippen molar-refractivity contribution in [2.45, 2.75) is 12.6 Å². The van der Waals surface area contributed by atoms with Crippen LogP contribution in [0.15, 0.2) is 64.6 Å². The van der Waals surface area contributed by atoms with E-state index in [4.69, 9.17) is 11.5 Å². The van der Waals surface area contributed by atoms with Gasteiger partial charge in [-0.05, 0) is 36.2 Å². The van der Waals surface area contributed by atoms with Gasteiger partial charge in [-0.25, -0.2) is 0 Å². The van der Waals surface area contributed by atoms with Crippen molar-refractivity contribution in [3.05, 3.63) is 65.7 Å². The molecule has 0 radical (unpaired) electrons. The van der Waals surface area contributed by atoms with E-state index in [0.29, 0.717) is 18.7 Å². The highest BCUT2D eigenvalue weighted by Crippen LogP contribution is 2.29. The molecule has 0 spiro atoms. The maximum atomic E-state index is 12.5. The van der Waals surface area contributed by atoms with Crippen LogP contribution in [0.25, 0.3) is 0 Å². The zero-order valence-electron chi connectivity index (χ0n) is 13.3. The Morgan fingerprint density at radius 3 is 2.20 bits per heavy atom. The van der Waals surface area contributed by atoms with Crippen molar-refractivity contribution in [3.8, 4) is 0 Å². The molecule has 25 heavy (non-hydrogen) atoms. The number of anilines is 1. The fourth-order valence-electron chi connectivity index (χ4n) is 2.02. The van der Waals surface area contributed by atoms with E-state index in [1.54, 1.807) is 0 Å². The van der Waals surface area contributed by atoms with E-state index in [1.807, 2.05) is 30.3 Å². The molecule has 0 heterocycles. The molecule has 0 aromatic heterocycles. The largest absolute Gasteiger partial charge is 0.416 e. The molecular weight excluding hydrogens is 331 g/mol. The van der Waals surface area contributed by atoms with Crippen molar-refractivity contribution < 1.29 is 13.2 Å². The van der Waals surface area contributed by atoms with Gasteiger partial charge >= 0.3 is 6.18 Å². The lowest BCUT2D eigenvalue weighted by molar-refractivity contribution is -0.137. The number of nitrogens with zero attached hydrogens (tertiary/aromatic N) is 2. The summed E-state index contributed by atoms with van der Waals surface area (Å²) >= 11 is 0. The number of nitrogens with one attached hydrogen (secondary N) is 1. The van der Waals surface area contributed by atoms with Crippen LogP contribution in [0.5, 0.6) is 0 Å². The highest BCUT2D eigenvalue weighted by Gasteiger charge is 2.29. The lowest BCUT2D eigenvalue weighted by Crippen LogP contribution is -2.26. The monoisotopic (exact) mass is 349 g/mol. The van der Waals surface area contributed by atoms with Crippen LogP contribution >= 0.6 is 0 Å². The number of rotatable bonds is 4. The van der Waals surface area contributed by atoms with Gasteiger partial charge in [-0.15, -0.1) is 0 Å². The molecule has 2 rings (SSSR count). The molecule has 0 aliphatic heterocycles. The van der Waals surface area contributed by atoms with Gasteiger partial charge in [0.2, 0.25) is 11.9 Å². The van der Waals surface area contributed by atoms with Gasteiger partial charge in [0.05, 0.1) is 5.56 Å². The highest BCUT2D eigenvalue weighted by molar-refractivity contribution is 6.00. The van der Waals surface area contributed by atoms with E-state index < -0.39 is 11.7 Å². The second-order valence-electron chi connectivity index (χ2n) is 5.17. The van der Waals surface area contributed by atoms with Gasteiger partial charge in [0, 0.05) is 12.2 Å². The van der Waals surface area contributed by atoms with Crippen LogP contribution in [0.1, 0.15) is 11.1 Å². The second-order valence-corrected chi connectivity index (χ2v) is 5.17. The molecule has 0 bridgehead atoms. The molecule has 0 aliphatic rings. The lowest BCUT2D eigenvalue weighted by atomic mass is 10.2. The molecule has 2 aromatic carbocycles. The summed E-state index contributed by atoms with van der Waals surface area (Å²) in [5.41, 5.74) is 12.1. The Hall–Kier alpha value is -3.03. The standard InChI is InChI=1S/C17H18F3N5/c18-17(19,20)13-6-8-14(9-7-13)24-16(22)25-15(21)23-11-10-12-4-2-1-3-5-12/h1-9H,10-11H2,(H5,21,22,23,24,25). The fourth-order valence-corrected chi connectivity index (χ4v) is 2.02.